The Hall–Kier alpha value is -0.570. The Morgan fingerprint density at radius 1 is 1.18 bits per heavy atom. The molecule has 1 saturated heterocycles. The summed E-state index contributed by atoms with van der Waals surface area (Å²) >= 11 is 0. The van der Waals surface area contributed by atoms with Gasteiger partial charge in [0.1, 0.15) is 0 Å². The Morgan fingerprint density at radius 2 is 1.82 bits per heavy atom. The molecule has 2 rings (SSSR count). The predicted octanol–water partition coefficient (Wildman–Crippen LogP) is 2.46. The van der Waals surface area contributed by atoms with Crippen LogP contribution in [-0.4, -0.2) is 35.1 Å². The highest BCUT2D eigenvalue weighted by molar-refractivity contribution is 5.71. The SMILES string of the molecule is CC1CC(C)(C)CC1N1C[C@@H](C)[C@H](C(=O)O)C1. The van der Waals surface area contributed by atoms with Gasteiger partial charge in [-0.05, 0) is 30.1 Å². The van der Waals surface area contributed by atoms with Gasteiger partial charge in [0.15, 0.2) is 0 Å². The molecule has 17 heavy (non-hydrogen) atoms. The molecule has 1 N–H and O–H groups in total. The van der Waals surface area contributed by atoms with Gasteiger partial charge in [0, 0.05) is 19.1 Å². The molecule has 4 atom stereocenters. The monoisotopic (exact) mass is 239 g/mol. The maximum atomic E-state index is 11.2. The topological polar surface area (TPSA) is 40.5 Å². The number of hydrogen-bond acceptors (Lipinski definition) is 2. The third-order valence-corrected chi connectivity index (χ3v) is 4.72. The van der Waals surface area contributed by atoms with Crippen LogP contribution in [-0.2, 0) is 4.79 Å². The highest BCUT2D eigenvalue weighted by Gasteiger charge is 2.44. The summed E-state index contributed by atoms with van der Waals surface area (Å²) in [6, 6.07) is 0.594. The van der Waals surface area contributed by atoms with Crippen LogP contribution < -0.4 is 0 Å². The number of carboxylic acids is 1. The van der Waals surface area contributed by atoms with Crippen molar-refractivity contribution in [1.29, 1.82) is 0 Å². The van der Waals surface area contributed by atoms with Crippen molar-refractivity contribution in [3.05, 3.63) is 0 Å². The third kappa shape index (κ3) is 2.49. The van der Waals surface area contributed by atoms with Gasteiger partial charge in [-0.15, -0.1) is 0 Å². The van der Waals surface area contributed by atoms with Crippen LogP contribution >= 0.6 is 0 Å². The van der Waals surface area contributed by atoms with Gasteiger partial charge < -0.3 is 5.11 Å². The summed E-state index contributed by atoms with van der Waals surface area (Å²) in [5.74, 6) is 0.212. The van der Waals surface area contributed by atoms with Crippen LogP contribution in [0.5, 0.6) is 0 Å². The molecule has 3 heteroatoms. The Morgan fingerprint density at radius 3 is 2.24 bits per heavy atom. The maximum Gasteiger partial charge on any atom is 0.308 e. The third-order valence-electron chi connectivity index (χ3n) is 4.72. The molecule has 1 heterocycles. The fourth-order valence-electron chi connectivity index (χ4n) is 3.94. The Bertz CT molecular complexity index is 313. The minimum atomic E-state index is -0.620. The number of carbonyl (C=O) groups is 1. The van der Waals surface area contributed by atoms with Crippen LogP contribution in [0.4, 0.5) is 0 Å². The van der Waals surface area contributed by atoms with Gasteiger partial charge in [0.25, 0.3) is 0 Å². The van der Waals surface area contributed by atoms with Gasteiger partial charge in [-0.25, -0.2) is 0 Å². The molecule has 0 aromatic rings. The van der Waals surface area contributed by atoms with Crippen LogP contribution in [0.3, 0.4) is 0 Å². The number of hydrogen-bond donors (Lipinski definition) is 1. The summed E-state index contributed by atoms with van der Waals surface area (Å²) in [4.78, 5) is 13.6. The first kappa shape index (κ1) is 12.9. The average Bonchev–Trinajstić information content (AvgIpc) is 2.66. The zero-order valence-corrected chi connectivity index (χ0v) is 11.4. The first-order valence-electron chi connectivity index (χ1n) is 6.77. The first-order valence-corrected chi connectivity index (χ1v) is 6.77. The molecule has 2 aliphatic rings. The van der Waals surface area contributed by atoms with E-state index in [4.69, 9.17) is 0 Å². The van der Waals surface area contributed by atoms with Crippen LogP contribution in [0.2, 0.25) is 0 Å². The molecule has 0 radical (unpaired) electrons. The second-order valence-corrected chi connectivity index (χ2v) is 6.99. The Balaban J connectivity index is 2.03. The van der Waals surface area contributed by atoms with Crippen molar-refractivity contribution in [1.82, 2.24) is 4.90 Å². The minimum Gasteiger partial charge on any atom is -0.481 e. The average molecular weight is 239 g/mol. The Kier molecular flexibility index (Phi) is 3.23. The van der Waals surface area contributed by atoms with Crippen molar-refractivity contribution in [2.75, 3.05) is 13.1 Å². The van der Waals surface area contributed by atoms with E-state index in [0.29, 0.717) is 23.3 Å². The molecule has 98 valence electrons. The number of rotatable bonds is 2. The van der Waals surface area contributed by atoms with E-state index in [0.717, 1.165) is 13.1 Å². The van der Waals surface area contributed by atoms with Gasteiger partial charge in [0.05, 0.1) is 5.92 Å². The molecule has 0 bridgehead atoms. The summed E-state index contributed by atoms with van der Waals surface area (Å²) in [6.45, 7) is 10.8. The molecule has 3 nitrogen and oxygen atoms in total. The molecule has 1 aliphatic carbocycles. The standard InChI is InChI=1S/C14H25NO2/c1-9-5-14(3,4)6-12(9)15-7-10(2)11(8-15)13(16)17/h9-12H,5-8H2,1-4H3,(H,16,17)/t9?,10-,11-,12?/m1/s1. The second kappa shape index (κ2) is 4.27. The van der Waals surface area contributed by atoms with E-state index in [1.54, 1.807) is 0 Å². The van der Waals surface area contributed by atoms with Crippen molar-refractivity contribution in [3.8, 4) is 0 Å². The van der Waals surface area contributed by atoms with Crippen LogP contribution in [0, 0.1) is 23.2 Å². The first-order chi connectivity index (χ1) is 7.80. The molecule has 1 saturated carbocycles. The normalized spacial score (nSPS) is 41.9. The lowest BCUT2D eigenvalue weighted by Gasteiger charge is -2.28. The van der Waals surface area contributed by atoms with Gasteiger partial charge in [-0.1, -0.05) is 27.7 Å². The summed E-state index contributed by atoms with van der Waals surface area (Å²) < 4.78 is 0. The van der Waals surface area contributed by atoms with Crippen LogP contribution in [0.15, 0.2) is 0 Å². The van der Waals surface area contributed by atoms with Crippen molar-refractivity contribution in [2.24, 2.45) is 23.2 Å². The van der Waals surface area contributed by atoms with Gasteiger partial charge in [-0.3, -0.25) is 9.69 Å². The molecule has 2 fully saturated rings. The van der Waals surface area contributed by atoms with Gasteiger partial charge in [-0.2, -0.15) is 0 Å². The number of aliphatic carboxylic acids is 1. The zero-order valence-electron chi connectivity index (χ0n) is 11.4. The fourth-order valence-corrected chi connectivity index (χ4v) is 3.94. The quantitative estimate of drug-likeness (QED) is 0.804. The van der Waals surface area contributed by atoms with Crippen LogP contribution in [0.25, 0.3) is 0 Å². The molecule has 0 aromatic carbocycles. The van der Waals surface area contributed by atoms with E-state index in [2.05, 4.69) is 32.6 Å². The Labute approximate surface area is 104 Å². The lowest BCUT2D eigenvalue weighted by Crippen LogP contribution is -2.36. The zero-order chi connectivity index (χ0) is 12.8. The van der Waals surface area contributed by atoms with E-state index in [-0.39, 0.29) is 5.92 Å². The van der Waals surface area contributed by atoms with E-state index in [9.17, 15) is 9.90 Å². The summed E-state index contributed by atoms with van der Waals surface area (Å²) in [7, 11) is 0. The molecule has 0 amide bonds. The van der Waals surface area contributed by atoms with Crippen molar-refractivity contribution < 1.29 is 9.90 Å². The molecular weight excluding hydrogens is 214 g/mol. The van der Waals surface area contributed by atoms with Gasteiger partial charge >= 0.3 is 5.97 Å². The predicted molar refractivity (Wildman–Crippen MR) is 67.8 cm³/mol. The van der Waals surface area contributed by atoms with E-state index in [1.165, 1.54) is 12.8 Å². The van der Waals surface area contributed by atoms with Crippen molar-refractivity contribution in [3.63, 3.8) is 0 Å². The number of likely N-dealkylation sites (tertiary alicyclic amines) is 1. The second-order valence-electron chi connectivity index (χ2n) is 6.99. The highest BCUT2D eigenvalue weighted by atomic mass is 16.4. The molecule has 1 aliphatic heterocycles. The van der Waals surface area contributed by atoms with E-state index >= 15 is 0 Å². The number of carboxylic acid groups (broad SMARTS) is 1. The van der Waals surface area contributed by atoms with Crippen molar-refractivity contribution >= 4 is 5.97 Å². The molecule has 0 aromatic heterocycles. The molecule has 0 spiro atoms. The lowest BCUT2D eigenvalue weighted by molar-refractivity contribution is -0.142. The number of nitrogens with zero attached hydrogens (tertiary/aromatic N) is 1. The summed E-state index contributed by atoms with van der Waals surface area (Å²) in [5, 5.41) is 9.19. The smallest absolute Gasteiger partial charge is 0.308 e. The van der Waals surface area contributed by atoms with Crippen molar-refractivity contribution in [2.45, 2.75) is 46.6 Å². The largest absolute Gasteiger partial charge is 0.481 e. The lowest BCUT2D eigenvalue weighted by atomic mass is 9.91. The maximum absolute atomic E-state index is 11.2. The summed E-state index contributed by atoms with van der Waals surface area (Å²) in [6.07, 6.45) is 2.48. The molecular formula is C14H25NO2. The van der Waals surface area contributed by atoms with Gasteiger partial charge in [0.2, 0.25) is 0 Å². The van der Waals surface area contributed by atoms with Crippen LogP contribution in [0.1, 0.15) is 40.5 Å². The summed E-state index contributed by atoms with van der Waals surface area (Å²) in [5.41, 5.74) is 0.425. The fraction of sp³-hybridized carbons (Fsp3) is 0.929. The highest BCUT2D eigenvalue weighted by Crippen LogP contribution is 2.44. The van der Waals surface area contributed by atoms with E-state index < -0.39 is 5.97 Å². The molecule has 2 unspecified atom stereocenters. The minimum absolute atomic E-state index is 0.161. The van der Waals surface area contributed by atoms with E-state index in [1.807, 2.05) is 0 Å².